The van der Waals surface area contributed by atoms with Gasteiger partial charge >= 0.3 is 0 Å². The smallest absolute Gasteiger partial charge is 0.211 e. The van der Waals surface area contributed by atoms with Crippen LogP contribution in [0.1, 0.15) is 29.3 Å². The van der Waals surface area contributed by atoms with Gasteiger partial charge in [-0.3, -0.25) is 0 Å². The summed E-state index contributed by atoms with van der Waals surface area (Å²) in [6.45, 7) is 3.14. The summed E-state index contributed by atoms with van der Waals surface area (Å²) in [6.07, 6.45) is 4.71. The van der Waals surface area contributed by atoms with Gasteiger partial charge in [-0.2, -0.15) is 0 Å². The van der Waals surface area contributed by atoms with E-state index in [0.29, 0.717) is 19.0 Å². The van der Waals surface area contributed by atoms with E-state index in [-0.39, 0.29) is 0 Å². The topological polar surface area (TPSA) is 75.2 Å². The number of hydrogen-bond donors (Lipinski definition) is 1. The van der Waals surface area contributed by atoms with Gasteiger partial charge in [-0.15, -0.1) is 11.3 Å². The summed E-state index contributed by atoms with van der Waals surface area (Å²) in [4.78, 5) is 10.1. The number of nitrogens with zero attached hydrogens (tertiary/aromatic N) is 3. The van der Waals surface area contributed by atoms with Crippen LogP contribution in [0.4, 0.5) is 10.9 Å². The second kappa shape index (κ2) is 6.54. The minimum absolute atomic E-state index is 0.299. The standard InChI is InChI=1S/C15H20N4O2S2/c1-11-10-16-15(22-11)18-14-5-3-4-13(17-14)12-6-8-19(9-7-12)23(2,20)21/h3-5,10,12H,6-9H2,1-2H3,(H,16,17,18). The molecule has 0 spiro atoms. The molecule has 124 valence electrons. The summed E-state index contributed by atoms with van der Waals surface area (Å²) in [6, 6.07) is 5.92. The fraction of sp³-hybridized carbons (Fsp3) is 0.467. The third-order valence-electron chi connectivity index (χ3n) is 3.97. The Morgan fingerprint density at radius 1 is 1.30 bits per heavy atom. The molecule has 1 aliphatic rings. The average Bonchev–Trinajstić information content (AvgIpc) is 2.92. The van der Waals surface area contributed by atoms with Gasteiger partial charge < -0.3 is 5.32 Å². The summed E-state index contributed by atoms with van der Waals surface area (Å²) in [5.74, 6) is 1.08. The maximum absolute atomic E-state index is 11.6. The van der Waals surface area contributed by atoms with E-state index in [1.807, 2.05) is 31.3 Å². The molecule has 0 aliphatic carbocycles. The Balaban J connectivity index is 1.68. The first-order valence-electron chi connectivity index (χ1n) is 7.53. The molecule has 1 fully saturated rings. The van der Waals surface area contributed by atoms with Crippen molar-refractivity contribution in [1.82, 2.24) is 14.3 Å². The molecule has 1 aliphatic heterocycles. The van der Waals surface area contributed by atoms with Crippen LogP contribution in [-0.4, -0.2) is 42.0 Å². The molecule has 0 aromatic carbocycles. The van der Waals surface area contributed by atoms with Crippen molar-refractivity contribution in [2.24, 2.45) is 0 Å². The SMILES string of the molecule is Cc1cnc(Nc2cccc(C3CCN(S(C)(=O)=O)CC3)n2)s1. The molecule has 0 atom stereocenters. The predicted molar refractivity (Wildman–Crippen MR) is 92.8 cm³/mol. The second-order valence-corrected chi connectivity index (χ2v) is 9.00. The number of aryl methyl sites for hydroxylation is 1. The second-order valence-electron chi connectivity index (χ2n) is 5.79. The van der Waals surface area contributed by atoms with Crippen molar-refractivity contribution in [3.05, 3.63) is 35.0 Å². The number of anilines is 2. The predicted octanol–water partition coefficient (Wildman–Crippen LogP) is 2.73. The lowest BCUT2D eigenvalue weighted by Crippen LogP contribution is -2.37. The highest BCUT2D eigenvalue weighted by atomic mass is 32.2. The molecule has 0 unspecified atom stereocenters. The monoisotopic (exact) mass is 352 g/mol. The lowest BCUT2D eigenvalue weighted by atomic mass is 9.94. The maximum Gasteiger partial charge on any atom is 0.211 e. The Morgan fingerprint density at radius 3 is 2.65 bits per heavy atom. The van der Waals surface area contributed by atoms with Crippen molar-refractivity contribution < 1.29 is 8.42 Å². The molecule has 1 saturated heterocycles. The van der Waals surface area contributed by atoms with E-state index < -0.39 is 10.0 Å². The average molecular weight is 352 g/mol. The van der Waals surface area contributed by atoms with E-state index in [1.165, 1.54) is 6.26 Å². The number of rotatable bonds is 4. The molecule has 0 saturated carbocycles. The van der Waals surface area contributed by atoms with Crippen molar-refractivity contribution in [2.45, 2.75) is 25.7 Å². The van der Waals surface area contributed by atoms with E-state index in [4.69, 9.17) is 0 Å². The zero-order valence-corrected chi connectivity index (χ0v) is 14.8. The first-order valence-corrected chi connectivity index (χ1v) is 10.2. The molecule has 6 nitrogen and oxygen atoms in total. The Morgan fingerprint density at radius 2 is 2.04 bits per heavy atom. The van der Waals surface area contributed by atoms with Crippen molar-refractivity contribution >= 4 is 32.3 Å². The molecule has 1 N–H and O–H groups in total. The minimum Gasteiger partial charge on any atom is -0.316 e. The molecular formula is C15H20N4O2S2. The van der Waals surface area contributed by atoms with Crippen LogP contribution >= 0.6 is 11.3 Å². The molecule has 3 heterocycles. The molecule has 0 amide bonds. The summed E-state index contributed by atoms with van der Waals surface area (Å²) in [5.41, 5.74) is 1.01. The van der Waals surface area contributed by atoms with Crippen molar-refractivity contribution in [2.75, 3.05) is 24.7 Å². The molecule has 2 aromatic heterocycles. The lowest BCUT2D eigenvalue weighted by Gasteiger charge is -2.30. The first kappa shape index (κ1) is 16.4. The zero-order valence-electron chi connectivity index (χ0n) is 13.2. The number of sulfonamides is 1. The van der Waals surface area contributed by atoms with Gasteiger partial charge in [0.15, 0.2) is 5.13 Å². The van der Waals surface area contributed by atoms with E-state index in [9.17, 15) is 8.42 Å². The van der Waals surface area contributed by atoms with Crippen LogP contribution in [0.2, 0.25) is 0 Å². The molecular weight excluding hydrogens is 332 g/mol. The van der Waals surface area contributed by atoms with Crippen LogP contribution < -0.4 is 5.32 Å². The number of hydrogen-bond acceptors (Lipinski definition) is 6. The van der Waals surface area contributed by atoms with Crippen molar-refractivity contribution in [3.63, 3.8) is 0 Å². The third-order valence-corrected chi connectivity index (χ3v) is 6.10. The van der Waals surface area contributed by atoms with E-state index in [0.717, 1.165) is 34.4 Å². The van der Waals surface area contributed by atoms with Gasteiger partial charge in [0.2, 0.25) is 10.0 Å². The van der Waals surface area contributed by atoms with Gasteiger partial charge in [-0.25, -0.2) is 22.7 Å². The zero-order chi connectivity index (χ0) is 16.4. The summed E-state index contributed by atoms with van der Waals surface area (Å²) < 4.78 is 24.7. The number of thiazole rings is 1. The van der Waals surface area contributed by atoms with Gasteiger partial charge in [-0.05, 0) is 31.9 Å². The number of pyridine rings is 1. The van der Waals surface area contributed by atoms with Crippen LogP contribution in [0.25, 0.3) is 0 Å². The number of nitrogens with one attached hydrogen (secondary N) is 1. The quantitative estimate of drug-likeness (QED) is 0.916. The summed E-state index contributed by atoms with van der Waals surface area (Å²) in [7, 11) is -3.08. The van der Waals surface area contributed by atoms with E-state index in [1.54, 1.807) is 15.6 Å². The summed E-state index contributed by atoms with van der Waals surface area (Å²) in [5, 5.41) is 4.06. The van der Waals surface area contributed by atoms with Crippen LogP contribution in [0.15, 0.2) is 24.4 Å². The largest absolute Gasteiger partial charge is 0.316 e. The highest BCUT2D eigenvalue weighted by Crippen LogP contribution is 2.29. The normalized spacial score (nSPS) is 17.3. The van der Waals surface area contributed by atoms with Gasteiger partial charge in [0.05, 0.1) is 6.26 Å². The highest BCUT2D eigenvalue weighted by molar-refractivity contribution is 7.88. The van der Waals surface area contributed by atoms with E-state index in [2.05, 4.69) is 15.3 Å². The molecule has 2 aromatic rings. The number of aromatic nitrogens is 2. The molecule has 0 radical (unpaired) electrons. The number of piperidine rings is 1. The van der Waals surface area contributed by atoms with Crippen molar-refractivity contribution in [3.8, 4) is 0 Å². The van der Waals surface area contributed by atoms with Crippen LogP contribution in [0.5, 0.6) is 0 Å². The lowest BCUT2D eigenvalue weighted by molar-refractivity contribution is 0.319. The van der Waals surface area contributed by atoms with Gasteiger partial charge in [0.1, 0.15) is 5.82 Å². The van der Waals surface area contributed by atoms with Crippen LogP contribution in [0, 0.1) is 6.92 Å². The van der Waals surface area contributed by atoms with Crippen LogP contribution in [0.3, 0.4) is 0 Å². The highest BCUT2D eigenvalue weighted by Gasteiger charge is 2.26. The Bertz CT molecular complexity index is 780. The minimum atomic E-state index is -3.08. The molecule has 8 heteroatoms. The Hall–Kier alpha value is -1.51. The fourth-order valence-electron chi connectivity index (χ4n) is 2.75. The fourth-order valence-corrected chi connectivity index (χ4v) is 4.30. The van der Waals surface area contributed by atoms with E-state index >= 15 is 0 Å². The van der Waals surface area contributed by atoms with Gasteiger partial charge in [0, 0.05) is 35.8 Å². The van der Waals surface area contributed by atoms with Crippen molar-refractivity contribution in [1.29, 1.82) is 0 Å². The Kier molecular flexibility index (Phi) is 4.65. The summed E-state index contributed by atoms with van der Waals surface area (Å²) >= 11 is 1.59. The molecule has 0 bridgehead atoms. The third kappa shape index (κ3) is 4.07. The maximum atomic E-state index is 11.6. The van der Waals surface area contributed by atoms with Crippen LogP contribution in [-0.2, 0) is 10.0 Å². The van der Waals surface area contributed by atoms with Gasteiger partial charge in [-0.1, -0.05) is 6.07 Å². The molecule has 3 rings (SSSR count). The first-order chi connectivity index (χ1) is 10.9. The van der Waals surface area contributed by atoms with Gasteiger partial charge in [0.25, 0.3) is 0 Å². The Labute approximate surface area is 140 Å². The molecule has 23 heavy (non-hydrogen) atoms.